The van der Waals surface area contributed by atoms with Gasteiger partial charge in [0.1, 0.15) is 5.51 Å². The first-order chi connectivity index (χ1) is 6.65. The molecule has 0 spiro atoms. The standard InChI is InChI=1S/C6H9N5O2S/c1-7-5(12)11(2)6(13)9-4-10-8-3-14-4/h3H,1-2H3,(H,7,12)(H,9,10,13). The van der Waals surface area contributed by atoms with Crippen LogP contribution in [-0.4, -0.2) is 41.3 Å². The van der Waals surface area contributed by atoms with Crippen LogP contribution in [0.5, 0.6) is 0 Å². The summed E-state index contributed by atoms with van der Waals surface area (Å²) in [6, 6.07) is -1.05. The van der Waals surface area contributed by atoms with Gasteiger partial charge in [0.2, 0.25) is 5.13 Å². The number of aromatic nitrogens is 2. The summed E-state index contributed by atoms with van der Waals surface area (Å²) in [7, 11) is 2.80. The van der Waals surface area contributed by atoms with Crippen LogP contribution in [0.25, 0.3) is 0 Å². The second-order valence-electron chi connectivity index (χ2n) is 2.29. The fraction of sp³-hybridized carbons (Fsp3) is 0.333. The van der Waals surface area contributed by atoms with E-state index in [1.807, 2.05) is 0 Å². The summed E-state index contributed by atoms with van der Waals surface area (Å²) in [5.41, 5.74) is 1.48. The van der Waals surface area contributed by atoms with Crippen molar-refractivity contribution >= 4 is 28.5 Å². The zero-order chi connectivity index (χ0) is 10.6. The van der Waals surface area contributed by atoms with Gasteiger partial charge < -0.3 is 5.32 Å². The average Bonchev–Trinajstić information content (AvgIpc) is 2.68. The van der Waals surface area contributed by atoms with Crippen LogP contribution in [0.1, 0.15) is 0 Å². The van der Waals surface area contributed by atoms with Crippen molar-refractivity contribution in [3.8, 4) is 0 Å². The van der Waals surface area contributed by atoms with Crippen LogP contribution in [0.4, 0.5) is 14.7 Å². The number of amides is 4. The fourth-order valence-corrected chi connectivity index (χ4v) is 1.10. The van der Waals surface area contributed by atoms with Crippen LogP contribution in [0.3, 0.4) is 0 Å². The van der Waals surface area contributed by atoms with Gasteiger partial charge in [0.05, 0.1) is 0 Å². The largest absolute Gasteiger partial charge is 0.341 e. The van der Waals surface area contributed by atoms with Crippen molar-refractivity contribution in [1.29, 1.82) is 0 Å². The first-order valence-electron chi connectivity index (χ1n) is 3.67. The van der Waals surface area contributed by atoms with E-state index >= 15 is 0 Å². The SMILES string of the molecule is CNC(=O)N(C)C(=O)Nc1nncs1. The van der Waals surface area contributed by atoms with Crippen molar-refractivity contribution in [2.75, 3.05) is 19.4 Å². The molecule has 0 unspecified atom stereocenters. The van der Waals surface area contributed by atoms with E-state index in [1.54, 1.807) is 0 Å². The number of carbonyl (C=O) groups excluding carboxylic acids is 2. The highest BCUT2D eigenvalue weighted by Crippen LogP contribution is 2.08. The minimum absolute atomic E-state index is 0.353. The Hall–Kier alpha value is -1.70. The maximum absolute atomic E-state index is 11.3. The molecule has 0 radical (unpaired) electrons. The summed E-state index contributed by atoms with van der Waals surface area (Å²) in [5, 5.41) is 12.2. The summed E-state index contributed by atoms with van der Waals surface area (Å²) < 4.78 is 0. The Bertz CT molecular complexity index is 325. The normalized spacial score (nSPS) is 9.29. The fourth-order valence-electron chi connectivity index (χ4n) is 0.663. The molecule has 1 aromatic heterocycles. The molecule has 0 aromatic carbocycles. The lowest BCUT2D eigenvalue weighted by atomic mass is 10.7. The van der Waals surface area contributed by atoms with Gasteiger partial charge in [-0.15, -0.1) is 10.2 Å². The van der Waals surface area contributed by atoms with E-state index in [-0.39, 0.29) is 0 Å². The molecule has 7 nitrogen and oxygen atoms in total. The Balaban J connectivity index is 2.54. The van der Waals surface area contributed by atoms with Gasteiger partial charge >= 0.3 is 12.1 Å². The topological polar surface area (TPSA) is 87.2 Å². The van der Waals surface area contributed by atoms with Crippen molar-refractivity contribution in [1.82, 2.24) is 20.4 Å². The Kier molecular flexibility index (Phi) is 3.35. The maximum Gasteiger partial charge on any atom is 0.331 e. The summed E-state index contributed by atoms with van der Waals surface area (Å²) in [5.74, 6) is 0. The van der Waals surface area contributed by atoms with Gasteiger partial charge in [-0.1, -0.05) is 11.3 Å². The molecule has 1 rings (SSSR count). The first-order valence-corrected chi connectivity index (χ1v) is 4.55. The monoisotopic (exact) mass is 215 g/mol. The Morgan fingerprint density at radius 1 is 1.50 bits per heavy atom. The molecule has 0 aliphatic carbocycles. The van der Waals surface area contributed by atoms with Crippen LogP contribution in [0.15, 0.2) is 5.51 Å². The summed E-state index contributed by atoms with van der Waals surface area (Å²) in [4.78, 5) is 23.2. The Morgan fingerprint density at radius 2 is 2.21 bits per heavy atom. The van der Waals surface area contributed by atoms with Crippen LogP contribution < -0.4 is 10.6 Å². The number of hydrogen-bond acceptors (Lipinski definition) is 5. The summed E-state index contributed by atoms with van der Waals surface area (Å²) in [6.45, 7) is 0. The quantitative estimate of drug-likeness (QED) is 0.707. The number of rotatable bonds is 1. The maximum atomic E-state index is 11.3. The second-order valence-corrected chi connectivity index (χ2v) is 3.12. The molecular formula is C6H9N5O2S. The smallest absolute Gasteiger partial charge is 0.331 e. The lowest BCUT2D eigenvalue weighted by Gasteiger charge is -2.13. The number of anilines is 1. The van der Waals surface area contributed by atoms with Crippen molar-refractivity contribution in [3.63, 3.8) is 0 Å². The lowest BCUT2D eigenvalue weighted by molar-refractivity contribution is 0.203. The van der Waals surface area contributed by atoms with Crippen LogP contribution in [0, 0.1) is 0 Å². The number of nitrogens with one attached hydrogen (secondary N) is 2. The molecule has 8 heteroatoms. The second kappa shape index (κ2) is 4.51. The molecule has 76 valence electrons. The lowest BCUT2D eigenvalue weighted by Crippen LogP contribution is -2.41. The third-order valence-corrected chi connectivity index (χ3v) is 2.00. The van der Waals surface area contributed by atoms with Gasteiger partial charge in [-0.05, 0) is 0 Å². The minimum Gasteiger partial charge on any atom is -0.341 e. The number of carbonyl (C=O) groups is 2. The molecular weight excluding hydrogens is 206 g/mol. The summed E-state index contributed by atoms with van der Waals surface area (Å²) in [6.07, 6.45) is 0. The van der Waals surface area contributed by atoms with Crippen molar-refractivity contribution < 1.29 is 9.59 Å². The minimum atomic E-state index is -0.555. The van der Waals surface area contributed by atoms with Gasteiger partial charge in [-0.3, -0.25) is 5.32 Å². The third-order valence-electron chi connectivity index (χ3n) is 1.40. The number of nitrogens with zero attached hydrogens (tertiary/aromatic N) is 3. The van der Waals surface area contributed by atoms with Gasteiger partial charge in [-0.25, -0.2) is 14.5 Å². The molecule has 4 amide bonds. The highest BCUT2D eigenvalue weighted by Gasteiger charge is 2.15. The van der Waals surface area contributed by atoms with Gasteiger partial charge in [0.25, 0.3) is 0 Å². The molecule has 14 heavy (non-hydrogen) atoms. The van der Waals surface area contributed by atoms with E-state index in [0.717, 1.165) is 4.90 Å². The Labute approximate surface area is 84.1 Å². The van der Waals surface area contributed by atoms with E-state index in [4.69, 9.17) is 0 Å². The molecule has 1 heterocycles. The van der Waals surface area contributed by atoms with E-state index in [9.17, 15) is 9.59 Å². The van der Waals surface area contributed by atoms with Gasteiger partial charge in [0.15, 0.2) is 0 Å². The molecule has 0 saturated carbocycles. The predicted octanol–water partition coefficient (Wildman–Crippen LogP) is 0.341. The molecule has 1 aromatic rings. The average molecular weight is 215 g/mol. The molecule has 0 fully saturated rings. The van der Waals surface area contributed by atoms with E-state index in [2.05, 4.69) is 20.8 Å². The van der Waals surface area contributed by atoms with Crippen molar-refractivity contribution in [2.45, 2.75) is 0 Å². The van der Waals surface area contributed by atoms with E-state index < -0.39 is 12.1 Å². The molecule has 0 atom stereocenters. The zero-order valence-electron chi connectivity index (χ0n) is 7.64. The van der Waals surface area contributed by atoms with Crippen LogP contribution >= 0.6 is 11.3 Å². The van der Waals surface area contributed by atoms with Crippen molar-refractivity contribution in [3.05, 3.63) is 5.51 Å². The Morgan fingerprint density at radius 3 is 2.71 bits per heavy atom. The van der Waals surface area contributed by atoms with Gasteiger partial charge in [0, 0.05) is 14.1 Å². The zero-order valence-corrected chi connectivity index (χ0v) is 8.46. The van der Waals surface area contributed by atoms with Crippen LogP contribution in [-0.2, 0) is 0 Å². The molecule has 0 aliphatic heterocycles. The number of urea groups is 2. The molecule has 0 bridgehead atoms. The van der Waals surface area contributed by atoms with Crippen LogP contribution in [0.2, 0.25) is 0 Å². The predicted molar refractivity (Wildman–Crippen MR) is 51.1 cm³/mol. The molecule has 0 saturated heterocycles. The number of imide groups is 1. The highest BCUT2D eigenvalue weighted by atomic mass is 32.1. The molecule has 0 aliphatic rings. The van der Waals surface area contributed by atoms with Gasteiger partial charge in [-0.2, -0.15) is 0 Å². The number of hydrogen-bond donors (Lipinski definition) is 2. The summed E-state index contributed by atoms with van der Waals surface area (Å²) >= 11 is 1.18. The van der Waals surface area contributed by atoms with E-state index in [0.29, 0.717) is 5.13 Å². The third kappa shape index (κ3) is 2.39. The highest BCUT2D eigenvalue weighted by molar-refractivity contribution is 7.13. The van der Waals surface area contributed by atoms with E-state index in [1.165, 1.54) is 30.9 Å². The first kappa shape index (κ1) is 10.4. The van der Waals surface area contributed by atoms with Crippen molar-refractivity contribution in [2.24, 2.45) is 0 Å². The molecule has 2 N–H and O–H groups in total.